The van der Waals surface area contributed by atoms with Gasteiger partial charge in [0.2, 0.25) is 5.88 Å². The summed E-state index contributed by atoms with van der Waals surface area (Å²) in [6.45, 7) is 3.01. The van der Waals surface area contributed by atoms with Crippen LogP contribution in [-0.4, -0.2) is 40.0 Å². The number of aromatic nitrogens is 4. The van der Waals surface area contributed by atoms with Crippen molar-refractivity contribution in [3.63, 3.8) is 0 Å². The fraction of sp³-hybridized carbons (Fsp3) is 0.250. The summed E-state index contributed by atoms with van der Waals surface area (Å²) in [6, 6.07) is 7.90. The number of thiophene rings is 1. The Hall–Kier alpha value is -2.84. The van der Waals surface area contributed by atoms with Gasteiger partial charge in [0.1, 0.15) is 29.3 Å². The molecule has 0 aliphatic rings. The second-order valence-corrected chi connectivity index (χ2v) is 7.66. The van der Waals surface area contributed by atoms with Crippen LogP contribution < -0.4 is 14.8 Å². The van der Waals surface area contributed by atoms with Crippen molar-refractivity contribution in [3.05, 3.63) is 46.6 Å². The normalized spacial score (nSPS) is 11.0. The monoisotopic (exact) mass is 429 g/mol. The summed E-state index contributed by atoms with van der Waals surface area (Å²) in [5, 5.41) is 11.1. The zero-order valence-electron chi connectivity index (χ0n) is 16.3. The average Bonchev–Trinajstić information content (AvgIpc) is 3.25. The number of anilines is 1. The van der Waals surface area contributed by atoms with E-state index in [1.165, 1.54) is 17.7 Å². The average molecular weight is 430 g/mol. The molecule has 0 spiro atoms. The second-order valence-electron chi connectivity index (χ2n) is 6.39. The van der Waals surface area contributed by atoms with Crippen molar-refractivity contribution in [2.45, 2.75) is 6.92 Å². The summed E-state index contributed by atoms with van der Waals surface area (Å²) >= 11 is 7.74. The molecule has 0 saturated heterocycles. The first-order valence-corrected chi connectivity index (χ1v) is 10.3. The minimum Gasteiger partial charge on any atom is -0.497 e. The van der Waals surface area contributed by atoms with Crippen LogP contribution in [0.25, 0.3) is 21.5 Å². The highest BCUT2D eigenvalue weighted by Gasteiger charge is 2.15. The van der Waals surface area contributed by atoms with Crippen LogP contribution in [0.3, 0.4) is 0 Å². The first kappa shape index (κ1) is 19.5. The minimum atomic E-state index is 0.438. The summed E-state index contributed by atoms with van der Waals surface area (Å²) in [4.78, 5) is 9.38. The number of fused-ring (bicyclic) bond motifs is 1. The van der Waals surface area contributed by atoms with E-state index in [1.54, 1.807) is 7.11 Å². The molecule has 0 fully saturated rings. The van der Waals surface area contributed by atoms with E-state index in [4.69, 9.17) is 21.1 Å². The van der Waals surface area contributed by atoms with Crippen LogP contribution in [0.15, 0.2) is 36.0 Å². The first-order chi connectivity index (χ1) is 14.1. The lowest BCUT2D eigenvalue weighted by Crippen LogP contribution is -2.13. The molecular weight excluding hydrogens is 410 g/mol. The standard InChI is InChI=1S/C20H20ClN5O2S/c1-12-17(13-4-6-14(27-3)7-5-13)26(2)25-19(12)28-9-8-22-18-16-15(21)10-29-20(16)24-11-23-18/h4-7,10-11H,8-9H2,1-3H3,(H,22,23,24). The van der Waals surface area contributed by atoms with Gasteiger partial charge in [0.25, 0.3) is 0 Å². The van der Waals surface area contributed by atoms with Crippen molar-refractivity contribution in [2.75, 3.05) is 25.6 Å². The van der Waals surface area contributed by atoms with Crippen molar-refractivity contribution < 1.29 is 9.47 Å². The smallest absolute Gasteiger partial charge is 0.236 e. The lowest BCUT2D eigenvalue weighted by Gasteiger charge is -2.08. The Kier molecular flexibility index (Phi) is 5.55. The van der Waals surface area contributed by atoms with Gasteiger partial charge in [0, 0.05) is 23.6 Å². The van der Waals surface area contributed by atoms with E-state index in [2.05, 4.69) is 20.4 Å². The van der Waals surface area contributed by atoms with Crippen LogP contribution in [0.5, 0.6) is 11.6 Å². The molecule has 0 amide bonds. The number of methoxy groups -OCH3 is 1. The lowest BCUT2D eigenvalue weighted by atomic mass is 10.1. The van der Waals surface area contributed by atoms with Gasteiger partial charge in [-0.1, -0.05) is 11.6 Å². The van der Waals surface area contributed by atoms with E-state index < -0.39 is 0 Å². The number of aryl methyl sites for hydroxylation is 1. The van der Waals surface area contributed by atoms with Crippen molar-refractivity contribution >= 4 is 39.0 Å². The number of nitrogens with zero attached hydrogens (tertiary/aromatic N) is 4. The number of hydrogen-bond donors (Lipinski definition) is 1. The van der Waals surface area contributed by atoms with Crippen molar-refractivity contribution in [2.24, 2.45) is 7.05 Å². The van der Waals surface area contributed by atoms with E-state index in [0.717, 1.165) is 32.8 Å². The summed E-state index contributed by atoms with van der Waals surface area (Å²) in [6.07, 6.45) is 1.53. The Labute approximate surface area is 177 Å². The summed E-state index contributed by atoms with van der Waals surface area (Å²) in [5.74, 6) is 2.14. The zero-order valence-corrected chi connectivity index (χ0v) is 17.8. The molecule has 0 saturated carbocycles. The quantitative estimate of drug-likeness (QED) is 0.434. The zero-order chi connectivity index (χ0) is 20.4. The maximum atomic E-state index is 6.24. The third-order valence-electron chi connectivity index (χ3n) is 4.56. The summed E-state index contributed by atoms with van der Waals surface area (Å²) in [5.41, 5.74) is 3.06. The highest BCUT2D eigenvalue weighted by molar-refractivity contribution is 7.17. The van der Waals surface area contributed by atoms with Crippen molar-refractivity contribution in [1.29, 1.82) is 0 Å². The molecular formula is C20H20ClN5O2S. The predicted molar refractivity (Wildman–Crippen MR) is 116 cm³/mol. The van der Waals surface area contributed by atoms with Crippen molar-refractivity contribution in [1.82, 2.24) is 19.7 Å². The SMILES string of the molecule is COc1ccc(-c2c(C)c(OCCNc3ncnc4scc(Cl)c34)nn2C)cc1. The Bertz CT molecular complexity index is 1140. The molecule has 0 radical (unpaired) electrons. The largest absolute Gasteiger partial charge is 0.497 e. The van der Waals surface area contributed by atoms with Crippen LogP contribution in [0.4, 0.5) is 5.82 Å². The topological polar surface area (TPSA) is 74.1 Å². The van der Waals surface area contributed by atoms with Gasteiger partial charge in [0.05, 0.1) is 29.8 Å². The number of rotatable bonds is 7. The van der Waals surface area contributed by atoms with E-state index in [1.807, 2.05) is 48.3 Å². The van der Waals surface area contributed by atoms with Crippen LogP contribution >= 0.6 is 22.9 Å². The number of benzene rings is 1. The maximum absolute atomic E-state index is 6.24. The van der Waals surface area contributed by atoms with Gasteiger partial charge >= 0.3 is 0 Å². The molecule has 3 heterocycles. The van der Waals surface area contributed by atoms with Crippen LogP contribution in [-0.2, 0) is 7.05 Å². The van der Waals surface area contributed by atoms with E-state index in [9.17, 15) is 0 Å². The molecule has 0 atom stereocenters. The molecule has 4 rings (SSSR count). The highest BCUT2D eigenvalue weighted by Crippen LogP contribution is 2.33. The fourth-order valence-corrected chi connectivity index (χ4v) is 4.32. The molecule has 0 aliphatic heterocycles. The Balaban J connectivity index is 1.43. The van der Waals surface area contributed by atoms with E-state index in [-0.39, 0.29) is 0 Å². The van der Waals surface area contributed by atoms with Gasteiger partial charge < -0.3 is 14.8 Å². The fourth-order valence-electron chi connectivity index (χ4n) is 3.19. The molecule has 0 bridgehead atoms. The van der Waals surface area contributed by atoms with Gasteiger partial charge in [-0.05, 0) is 31.2 Å². The number of hydrogen-bond acceptors (Lipinski definition) is 7. The third-order valence-corrected chi connectivity index (χ3v) is 5.88. The molecule has 9 heteroatoms. The lowest BCUT2D eigenvalue weighted by molar-refractivity contribution is 0.314. The van der Waals surface area contributed by atoms with Gasteiger partial charge in [-0.15, -0.1) is 16.4 Å². The first-order valence-electron chi connectivity index (χ1n) is 9.01. The van der Waals surface area contributed by atoms with E-state index in [0.29, 0.717) is 29.9 Å². The summed E-state index contributed by atoms with van der Waals surface area (Å²) in [7, 11) is 3.57. The number of halogens is 1. The van der Waals surface area contributed by atoms with Gasteiger partial charge in [-0.3, -0.25) is 4.68 Å². The Morgan fingerprint density at radius 2 is 2.00 bits per heavy atom. The molecule has 3 aromatic heterocycles. The molecule has 29 heavy (non-hydrogen) atoms. The van der Waals surface area contributed by atoms with Gasteiger partial charge in [-0.25, -0.2) is 9.97 Å². The number of ether oxygens (including phenoxy) is 2. The second kappa shape index (κ2) is 8.26. The Morgan fingerprint density at radius 3 is 2.76 bits per heavy atom. The predicted octanol–water partition coefficient (Wildman–Crippen LogP) is 4.55. The van der Waals surface area contributed by atoms with Gasteiger partial charge in [0.15, 0.2) is 0 Å². The molecule has 0 aliphatic carbocycles. The van der Waals surface area contributed by atoms with E-state index >= 15 is 0 Å². The summed E-state index contributed by atoms with van der Waals surface area (Å²) < 4.78 is 13.0. The third kappa shape index (κ3) is 3.86. The van der Waals surface area contributed by atoms with Crippen LogP contribution in [0.1, 0.15) is 5.56 Å². The minimum absolute atomic E-state index is 0.438. The highest BCUT2D eigenvalue weighted by atomic mass is 35.5. The van der Waals surface area contributed by atoms with Crippen LogP contribution in [0, 0.1) is 6.92 Å². The maximum Gasteiger partial charge on any atom is 0.236 e. The molecule has 0 unspecified atom stereocenters. The molecule has 1 aromatic carbocycles. The Morgan fingerprint density at radius 1 is 1.21 bits per heavy atom. The van der Waals surface area contributed by atoms with Crippen molar-refractivity contribution in [3.8, 4) is 22.9 Å². The molecule has 150 valence electrons. The number of nitrogens with one attached hydrogen (secondary N) is 1. The molecule has 4 aromatic rings. The van der Waals surface area contributed by atoms with Gasteiger partial charge in [-0.2, -0.15) is 0 Å². The molecule has 1 N–H and O–H groups in total. The molecule has 7 nitrogen and oxygen atoms in total. The van der Waals surface area contributed by atoms with Crippen LogP contribution in [0.2, 0.25) is 5.02 Å².